The maximum atomic E-state index is 4.35. The van der Waals surface area contributed by atoms with Gasteiger partial charge in [-0.25, -0.2) is 9.50 Å². The van der Waals surface area contributed by atoms with Crippen LogP contribution in [0.15, 0.2) is 49.6 Å². The van der Waals surface area contributed by atoms with Crippen LogP contribution in [-0.2, 0) is 0 Å². The van der Waals surface area contributed by atoms with E-state index in [1.807, 2.05) is 35.8 Å². The van der Waals surface area contributed by atoms with Crippen molar-refractivity contribution in [1.82, 2.24) is 19.6 Å². The van der Waals surface area contributed by atoms with Gasteiger partial charge in [0, 0.05) is 18.6 Å². The van der Waals surface area contributed by atoms with Gasteiger partial charge in [0.2, 0.25) is 0 Å². The molecule has 0 aliphatic carbocycles. The normalized spacial score (nSPS) is 11.8. The Bertz CT molecular complexity index is 799. The summed E-state index contributed by atoms with van der Waals surface area (Å²) >= 11 is 0. The minimum atomic E-state index is 0.842. The highest BCUT2D eigenvalue weighted by molar-refractivity contribution is 5.82. The van der Waals surface area contributed by atoms with Crippen LogP contribution in [0.5, 0.6) is 0 Å². The van der Waals surface area contributed by atoms with Crippen LogP contribution in [0.4, 0.5) is 0 Å². The van der Waals surface area contributed by atoms with Crippen molar-refractivity contribution in [3.05, 3.63) is 66.4 Å². The molecule has 0 aliphatic heterocycles. The fourth-order valence-electron chi connectivity index (χ4n) is 2.12. The van der Waals surface area contributed by atoms with E-state index in [4.69, 9.17) is 0 Å². The molecule has 0 atom stereocenters. The lowest BCUT2D eigenvalue weighted by atomic mass is 10.1. The van der Waals surface area contributed by atoms with E-state index < -0.39 is 0 Å². The molecule has 0 unspecified atom stereocenters. The van der Waals surface area contributed by atoms with Gasteiger partial charge in [-0.2, -0.15) is 5.10 Å². The van der Waals surface area contributed by atoms with Crippen LogP contribution in [0.25, 0.3) is 23.4 Å². The van der Waals surface area contributed by atoms with Crippen LogP contribution in [0.2, 0.25) is 0 Å². The Morgan fingerprint density at radius 3 is 2.95 bits per heavy atom. The average Bonchev–Trinajstić information content (AvgIpc) is 2.92. The number of allylic oxidation sites excluding steroid dienone is 1. The molecule has 4 heteroatoms. The Kier molecular flexibility index (Phi) is 3.13. The first kappa shape index (κ1) is 12.3. The van der Waals surface area contributed by atoms with Gasteiger partial charge in [-0.15, -0.1) is 0 Å². The van der Waals surface area contributed by atoms with Gasteiger partial charge >= 0.3 is 0 Å². The summed E-state index contributed by atoms with van der Waals surface area (Å²) < 4.78 is 1.83. The summed E-state index contributed by atoms with van der Waals surface area (Å²) in [6.07, 6.45) is 11.1. The summed E-state index contributed by atoms with van der Waals surface area (Å²) in [6.45, 7) is 5.86. The lowest BCUT2D eigenvalue weighted by Gasteiger charge is -2.03. The molecule has 0 N–H and O–H groups in total. The zero-order chi connectivity index (χ0) is 13.9. The van der Waals surface area contributed by atoms with Crippen molar-refractivity contribution in [3.63, 3.8) is 0 Å². The van der Waals surface area contributed by atoms with Gasteiger partial charge in [0.25, 0.3) is 0 Å². The molecule has 3 heterocycles. The molecular weight excluding hydrogens is 248 g/mol. The Hall–Kier alpha value is -2.75. The second-order valence-corrected chi connectivity index (χ2v) is 4.47. The van der Waals surface area contributed by atoms with Crippen molar-refractivity contribution in [3.8, 4) is 0 Å². The first-order valence-corrected chi connectivity index (χ1v) is 6.33. The van der Waals surface area contributed by atoms with Gasteiger partial charge in [-0.1, -0.05) is 12.7 Å². The van der Waals surface area contributed by atoms with Crippen LogP contribution in [-0.4, -0.2) is 19.6 Å². The van der Waals surface area contributed by atoms with Crippen LogP contribution >= 0.6 is 0 Å². The highest BCUT2D eigenvalue weighted by atomic mass is 15.2. The fraction of sp³-hybridized carbons (Fsp3) is 0.0625. The molecule has 98 valence electrons. The van der Waals surface area contributed by atoms with Crippen molar-refractivity contribution in [1.29, 1.82) is 0 Å². The topological polar surface area (TPSA) is 43.1 Å². The quantitative estimate of drug-likeness (QED) is 0.727. The Morgan fingerprint density at radius 1 is 1.20 bits per heavy atom. The van der Waals surface area contributed by atoms with Crippen LogP contribution in [0.3, 0.4) is 0 Å². The summed E-state index contributed by atoms with van der Waals surface area (Å²) in [4.78, 5) is 8.46. The van der Waals surface area contributed by atoms with Gasteiger partial charge in [0.15, 0.2) is 5.65 Å². The van der Waals surface area contributed by atoms with E-state index in [1.54, 1.807) is 24.7 Å². The molecule has 0 spiro atoms. The van der Waals surface area contributed by atoms with E-state index >= 15 is 0 Å². The number of aromatic nitrogens is 4. The molecule has 20 heavy (non-hydrogen) atoms. The number of hydrogen-bond acceptors (Lipinski definition) is 3. The summed E-state index contributed by atoms with van der Waals surface area (Å²) in [6, 6.07) is 5.78. The number of imidazole rings is 1. The predicted octanol–water partition coefficient (Wildman–Crippen LogP) is 3.33. The maximum absolute atomic E-state index is 4.35. The number of fused-ring (bicyclic) bond motifs is 1. The predicted molar refractivity (Wildman–Crippen MR) is 80.9 cm³/mol. The summed E-state index contributed by atoms with van der Waals surface area (Å²) in [5.74, 6) is 0. The summed E-state index contributed by atoms with van der Waals surface area (Å²) in [5, 5.41) is 4.33. The smallest absolute Gasteiger partial charge is 0.154 e. The van der Waals surface area contributed by atoms with E-state index in [2.05, 4.69) is 27.7 Å². The van der Waals surface area contributed by atoms with Crippen LogP contribution in [0.1, 0.15) is 23.7 Å². The molecule has 3 rings (SSSR count). The highest BCUT2D eigenvalue weighted by Gasteiger charge is 2.06. The molecule has 3 aromatic heterocycles. The summed E-state index contributed by atoms with van der Waals surface area (Å²) in [7, 11) is 0. The van der Waals surface area contributed by atoms with Crippen molar-refractivity contribution in [2.24, 2.45) is 0 Å². The number of nitrogens with zero attached hydrogens (tertiary/aromatic N) is 4. The van der Waals surface area contributed by atoms with Crippen molar-refractivity contribution in [2.75, 3.05) is 0 Å². The van der Waals surface area contributed by atoms with E-state index in [-0.39, 0.29) is 0 Å². The molecule has 0 bridgehead atoms. The first-order valence-electron chi connectivity index (χ1n) is 6.33. The lowest BCUT2D eigenvalue weighted by molar-refractivity contribution is 0.921. The third kappa shape index (κ3) is 2.12. The molecule has 0 aromatic carbocycles. The Labute approximate surface area is 117 Å². The van der Waals surface area contributed by atoms with Crippen molar-refractivity contribution >= 4 is 23.4 Å². The van der Waals surface area contributed by atoms with Crippen LogP contribution < -0.4 is 0 Å². The monoisotopic (exact) mass is 262 g/mol. The zero-order valence-corrected chi connectivity index (χ0v) is 11.2. The van der Waals surface area contributed by atoms with E-state index in [1.165, 1.54) is 0 Å². The van der Waals surface area contributed by atoms with Gasteiger partial charge in [-0.05, 0) is 47.9 Å². The Morgan fingerprint density at radius 2 is 2.10 bits per heavy atom. The molecule has 4 nitrogen and oxygen atoms in total. The van der Waals surface area contributed by atoms with E-state index in [0.29, 0.717) is 0 Å². The number of pyridine rings is 1. The second-order valence-electron chi connectivity index (χ2n) is 4.47. The zero-order valence-electron chi connectivity index (χ0n) is 11.2. The molecule has 3 aromatic rings. The molecule has 0 saturated heterocycles. The molecule has 0 saturated carbocycles. The summed E-state index contributed by atoms with van der Waals surface area (Å²) in [5.41, 5.74) is 5.00. The Balaban J connectivity index is 2.10. The second kappa shape index (κ2) is 5.09. The minimum absolute atomic E-state index is 0.842. The molecular formula is C16H14N4. The van der Waals surface area contributed by atoms with Gasteiger partial charge in [0.1, 0.15) is 0 Å². The van der Waals surface area contributed by atoms with Crippen molar-refractivity contribution in [2.45, 2.75) is 6.92 Å². The van der Waals surface area contributed by atoms with E-state index in [9.17, 15) is 0 Å². The molecule has 0 amide bonds. The van der Waals surface area contributed by atoms with Crippen LogP contribution in [0, 0.1) is 0 Å². The maximum Gasteiger partial charge on any atom is 0.154 e. The average molecular weight is 262 g/mol. The first-order chi connectivity index (χ1) is 9.79. The van der Waals surface area contributed by atoms with Crippen molar-refractivity contribution < 1.29 is 0 Å². The molecule has 0 aliphatic rings. The van der Waals surface area contributed by atoms with Gasteiger partial charge in [-0.3, -0.25) is 4.98 Å². The van der Waals surface area contributed by atoms with Gasteiger partial charge in [0.05, 0.1) is 11.9 Å². The molecule has 0 radical (unpaired) electrons. The minimum Gasteiger partial charge on any atom is -0.264 e. The van der Waals surface area contributed by atoms with Gasteiger partial charge < -0.3 is 0 Å². The highest BCUT2D eigenvalue weighted by Crippen LogP contribution is 2.20. The largest absolute Gasteiger partial charge is 0.264 e. The number of rotatable bonds is 3. The number of hydrogen-bond donors (Lipinski definition) is 0. The molecule has 0 fully saturated rings. The third-order valence-corrected chi connectivity index (χ3v) is 3.16. The fourth-order valence-corrected chi connectivity index (χ4v) is 2.12. The lowest BCUT2D eigenvalue weighted by Crippen LogP contribution is -1.94. The SMILES string of the molecule is C=Cc1cnccc1/C=C(\C)c1cnc2cccnn12. The standard InChI is InChI=1S/C16H14N4/c1-3-13-10-17-8-6-14(13)9-12(2)15-11-18-16-5-4-7-19-20(15)16/h3-11H,1H2,2H3/b12-9+. The van der Waals surface area contributed by atoms with E-state index in [0.717, 1.165) is 28.0 Å². The third-order valence-electron chi connectivity index (χ3n) is 3.16.